The predicted molar refractivity (Wildman–Crippen MR) is 85.8 cm³/mol. The van der Waals surface area contributed by atoms with Crippen LogP contribution in [-0.4, -0.2) is 47.0 Å². The zero-order valence-corrected chi connectivity index (χ0v) is 12.7. The minimum Gasteiger partial charge on any atom is -0.356 e. The van der Waals surface area contributed by atoms with E-state index in [0.29, 0.717) is 5.69 Å². The molecular weight excluding hydrogens is 276 g/mol. The van der Waals surface area contributed by atoms with Gasteiger partial charge in [0, 0.05) is 38.6 Å². The minimum absolute atomic E-state index is 0.00288. The second-order valence-corrected chi connectivity index (χ2v) is 5.54. The fourth-order valence-electron chi connectivity index (χ4n) is 2.86. The monoisotopic (exact) mass is 296 g/mol. The van der Waals surface area contributed by atoms with Crippen LogP contribution in [0.15, 0.2) is 48.8 Å². The molecule has 22 heavy (non-hydrogen) atoms. The molecule has 0 saturated carbocycles. The maximum Gasteiger partial charge on any atom is 0.272 e. The highest BCUT2D eigenvalue weighted by molar-refractivity contribution is 5.92. The number of hydrogen-bond acceptors (Lipinski definition) is 4. The van der Waals surface area contributed by atoms with Crippen LogP contribution in [0.2, 0.25) is 0 Å². The van der Waals surface area contributed by atoms with Gasteiger partial charge in [0.25, 0.3) is 5.91 Å². The van der Waals surface area contributed by atoms with Crippen LogP contribution in [0.3, 0.4) is 0 Å². The van der Waals surface area contributed by atoms with Crippen molar-refractivity contribution in [2.75, 3.05) is 25.0 Å². The Balaban J connectivity index is 1.60. The largest absolute Gasteiger partial charge is 0.356 e. The number of amides is 1. The first kappa shape index (κ1) is 14.5. The van der Waals surface area contributed by atoms with Gasteiger partial charge in [-0.25, -0.2) is 4.98 Å². The Morgan fingerprint density at radius 1 is 1.09 bits per heavy atom. The van der Waals surface area contributed by atoms with E-state index in [1.54, 1.807) is 12.3 Å². The molecule has 3 heterocycles. The van der Waals surface area contributed by atoms with E-state index in [9.17, 15) is 4.79 Å². The van der Waals surface area contributed by atoms with E-state index in [2.05, 4.69) is 14.9 Å². The van der Waals surface area contributed by atoms with Gasteiger partial charge in [-0.2, -0.15) is 0 Å². The summed E-state index contributed by atoms with van der Waals surface area (Å²) in [6.07, 6.45) is 5.38. The lowest BCUT2D eigenvalue weighted by Crippen LogP contribution is -2.46. The molecule has 2 aromatic heterocycles. The molecule has 0 N–H and O–H groups in total. The molecule has 5 nitrogen and oxygen atoms in total. The van der Waals surface area contributed by atoms with Crippen LogP contribution in [0.5, 0.6) is 0 Å². The van der Waals surface area contributed by atoms with E-state index in [-0.39, 0.29) is 11.9 Å². The third-order valence-electron chi connectivity index (χ3n) is 4.19. The highest BCUT2D eigenvalue weighted by Gasteiger charge is 2.26. The Labute approximate surface area is 130 Å². The lowest BCUT2D eigenvalue weighted by molar-refractivity contribution is 0.0703. The van der Waals surface area contributed by atoms with Gasteiger partial charge in [0.05, 0.1) is 0 Å². The van der Waals surface area contributed by atoms with Crippen LogP contribution >= 0.6 is 0 Å². The first-order valence-electron chi connectivity index (χ1n) is 7.60. The molecule has 0 aliphatic carbocycles. The lowest BCUT2D eigenvalue weighted by Gasteiger charge is -2.37. The second-order valence-electron chi connectivity index (χ2n) is 5.54. The van der Waals surface area contributed by atoms with Crippen molar-refractivity contribution < 1.29 is 4.79 Å². The molecule has 0 spiro atoms. The van der Waals surface area contributed by atoms with Gasteiger partial charge in [-0.15, -0.1) is 0 Å². The lowest BCUT2D eigenvalue weighted by atomic mass is 10.0. The molecule has 1 aliphatic rings. The van der Waals surface area contributed by atoms with Gasteiger partial charge in [-0.1, -0.05) is 12.1 Å². The van der Waals surface area contributed by atoms with Crippen molar-refractivity contribution in [3.05, 3.63) is 54.5 Å². The number of nitrogens with zero attached hydrogens (tertiary/aromatic N) is 4. The maximum absolute atomic E-state index is 12.4. The zero-order valence-electron chi connectivity index (χ0n) is 12.7. The van der Waals surface area contributed by atoms with Crippen LogP contribution < -0.4 is 4.90 Å². The predicted octanol–water partition coefficient (Wildman–Crippen LogP) is 2.22. The third kappa shape index (κ3) is 3.08. The molecule has 0 radical (unpaired) electrons. The molecule has 1 fully saturated rings. The molecule has 1 saturated heterocycles. The zero-order chi connectivity index (χ0) is 15.4. The average Bonchev–Trinajstić information content (AvgIpc) is 2.62. The first-order chi connectivity index (χ1) is 10.8. The highest BCUT2D eigenvalue weighted by atomic mass is 16.2. The highest BCUT2D eigenvalue weighted by Crippen LogP contribution is 2.21. The molecule has 1 aliphatic heterocycles. The fraction of sp³-hybridized carbons (Fsp3) is 0.353. The molecule has 3 rings (SSSR count). The number of aromatic nitrogens is 2. The average molecular weight is 296 g/mol. The number of anilines is 1. The summed E-state index contributed by atoms with van der Waals surface area (Å²) in [7, 11) is 1.87. The number of pyridine rings is 2. The Morgan fingerprint density at radius 3 is 2.36 bits per heavy atom. The molecule has 5 heteroatoms. The Hall–Kier alpha value is -2.43. The number of rotatable bonds is 3. The Kier molecular flexibility index (Phi) is 4.32. The van der Waals surface area contributed by atoms with Gasteiger partial charge < -0.3 is 9.80 Å². The molecule has 0 bridgehead atoms. The van der Waals surface area contributed by atoms with E-state index in [1.807, 2.05) is 48.5 Å². The summed E-state index contributed by atoms with van der Waals surface area (Å²) in [6.45, 7) is 1.84. The van der Waals surface area contributed by atoms with Crippen LogP contribution in [0.25, 0.3) is 0 Å². The molecule has 0 atom stereocenters. The summed E-state index contributed by atoms with van der Waals surface area (Å²) in [6, 6.07) is 11.7. The van der Waals surface area contributed by atoms with E-state index >= 15 is 0 Å². The van der Waals surface area contributed by atoms with Gasteiger partial charge in [0.1, 0.15) is 11.5 Å². The number of hydrogen-bond donors (Lipinski definition) is 0. The SMILES string of the molecule is CN(C(=O)c1ccccn1)C1CCN(c2ccccn2)CC1. The van der Waals surface area contributed by atoms with E-state index in [1.165, 1.54) is 0 Å². The molecule has 0 unspecified atom stereocenters. The van der Waals surface area contributed by atoms with E-state index in [4.69, 9.17) is 0 Å². The quantitative estimate of drug-likeness (QED) is 0.871. The normalized spacial score (nSPS) is 15.6. The van der Waals surface area contributed by atoms with Crippen molar-refractivity contribution >= 4 is 11.7 Å². The summed E-state index contributed by atoms with van der Waals surface area (Å²) in [5.41, 5.74) is 0.511. The van der Waals surface area contributed by atoms with Gasteiger partial charge in [0.15, 0.2) is 0 Å². The fourth-order valence-corrected chi connectivity index (χ4v) is 2.86. The van der Waals surface area contributed by atoms with Gasteiger partial charge >= 0.3 is 0 Å². The number of carbonyl (C=O) groups excluding carboxylic acids is 1. The van der Waals surface area contributed by atoms with Crippen LogP contribution in [0.4, 0.5) is 5.82 Å². The minimum atomic E-state index is -0.00288. The summed E-state index contributed by atoms with van der Waals surface area (Å²) in [5.74, 6) is 1.01. The summed E-state index contributed by atoms with van der Waals surface area (Å²) < 4.78 is 0. The first-order valence-corrected chi connectivity index (χ1v) is 7.60. The van der Waals surface area contributed by atoms with E-state index in [0.717, 1.165) is 31.7 Å². The standard InChI is InChI=1S/C17H20N4O/c1-20(17(22)15-6-2-4-10-18-15)14-8-12-21(13-9-14)16-7-3-5-11-19-16/h2-7,10-11,14H,8-9,12-13H2,1H3. The summed E-state index contributed by atoms with van der Waals surface area (Å²) in [4.78, 5) is 25.1. The smallest absolute Gasteiger partial charge is 0.272 e. The van der Waals surface area contributed by atoms with E-state index < -0.39 is 0 Å². The molecule has 114 valence electrons. The number of carbonyl (C=O) groups is 1. The third-order valence-corrected chi connectivity index (χ3v) is 4.19. The second kappa shape index (κ2) is 6.56. The van der Waals surface area contributed by atoms with Gasteiger partial charge in [-0.3, -0.25) is 9.78 Å². The van der Waals surface area contributed by atoms with Gasteiger partial charge in [-0.05, 0) is 37.1 Å². The van der Waals surface area contributed by atoms with Crippen LogP contribution in [0, 0.1) is 0 Å². The van der Waals surface area contributed by atoms with Crippen molar-refractivity contribution in [2.45, 2.75) is 18.9 Å². The van der Waals surface area contributed by atoms with Crippen molar-refractivity contribution in [1.82, 2.24) is 14.9 Å². The Morgan fingerprint density at radius 2 is 1.77 bits per heavy atom. The summed E-state index contributed by atoms with van der Waals surface area (Å²) >= 11 is 0. The Bertz CT molecular complexity index is 609. The maximum atomic E-state index is 12.4. The summed E-state index contributed by atoms with van der Waals surface area (Å²) in [5, 5.41) is 0. The van der Waals surface area contributed by atoms with Crippen molar-refractivity contribution in [2.24, 2.45) is 0 Å². The number of piperidine rings is 1. The topological polar surface area (TPSA) is 49.3 Å². The molecule has 1 amide bonds. The molecule has 0 aromatic carbocycles. The van der Waals surface area contributed by atoms with Gasteiger partial charge in [0.2, 0.25) is 0 Å². The van der Waals surface area contributed by atoms with Crippen LogP contribution in [0.1, 0.15) is 23.3 Å². The molecule has 2 aromatic rings. The van der Waals surface area contributed by atoms with Crippen LogP contribution in [-0.2, 0) is 0 Å². The van der Waals surface area contributed by atoms with Crippen molar-refractivity contribution in [3.8, 4) is 0 Å². The van der Waals surface area contributed by atoms with Crippen molar-refractivity contribution in [1.29, 1.82) is 0 Å². The molecular formula is C17H20N4O. The van der Waals surface area contributed by atoms with Crippen molar-refractivity contribution in [3.63, 3.8) is 0 Å².